The summed E-state index contributed by atoms with van der Waals surface area (Å²) in [5, 5.41) is 13.1. The van der Waals surface area contributed by atoms with Crippen LogP contribution in [0.25, 0.3) is 0 Å². The minimum Gasteiger partial charge on any atom is -0.325 e. The number of rotatable bonds is 5. The highest BCUT2D eigenvalue weighted by molar-refractivity contribution is 7.99. The van der Waals surface area contributed by atoms with Crippen molar-refractivity contribution in [3.8, 4) is 0 Å². The third-order valence-electron chi connectivity index (χ3n) is 4.32. The van der Waals surface area contributed by atoms with E-state index in [1.54, 1.807) is 18.2 Å². The van der Waals surface area contributed by atoms with Crippen molar-refractivity contribution < 1.29 is 4.79 Å². The van der Waals surface area contributed by atoms with Crippen LogP contribution in [-0.2, 0) is 11.8 Å². The van der Waals surface area contributed by atoms with Gasteiger partial charge in [-0.15, -0.1) is 10.2 Å². The molecule has 0 bridgehead atoms. The number of nitrogens with one attached hydrogen (secondary N) is 1. The van der Waals surface area contributed by atoms with Crippen molar-refractivity contribution in [1.82, 2.24) is 14.8 Å². The van der Waals surface area contributed by atoms with Gasteiger partial charge in [0.1, 0.15) is 5.82 Å². The van der Waals surface area contributed by atoms with Crippen molar-refractivity contribution in [3.05, 3.63) is 34.1 Å². The van der Waals surface area contributed by atoms with Gasteiger partial charge in [0.2, 0.25) is 5.91 Å². The number of anilines is 1. The Balaban J connectivity index is 1.58. The molecule has 0 aliphatic heterocycles. The molecule has 134 valence electrons. The lowest BCUT2D eigenvalue weighted by molar-refractivity contribution is -0.113. The van der Waals surface area contributed by atoms with Gasteiger partial charge in [-0.1, -0.05) is 54.2 Å². The molecule has 0 unspecified atom stereocenters. The van der Waals surface area contributed by atoms with Gasteiger partial charge in [-0.2, -0.15) is 0 Å². The van der Waals surface area contributed by atoms with Crippen LogP contribution in [0.3, 0.4) is 0 Å². The molecule has 1 heterocycles. The Morgan fingerprint density at radius 3 is 2.56 bits per heavy atom. The van der Waals surface area contributed by atoms with Crippen molar-refractivity contribution in [2.75, 3.05) is 11.1 Å². The maximum absolute atomic E-state index is 12.2. The number of halogens is 2. The van der Waals surface area contributed by atoms with Crippen LogP contribution in [0.1, 0.15) is 43.8 Å². The molecule has 0 radical (unpaired) electrons. The third-order valence-corrected chi connectivity index (χ3v) is 5.77. The van der Waals surface area contributed by atoms with E-state index < -0.39 is 0 Å². The van der Waals surface area contributed by atoms with E-state index in [-0.39, 0.29) is 11.7 Å². The Kier molecular flexibility index (Phi) is 6.25. The fraction of sp³-hybridized carbons (Fsp3) is 0.471. The summed E-state index contributed by atoms with van der Waals surface area (Å²) in [5.74, 6) is 1.64. The number of hydrogen-bond donors (Lipinski definition) is 1. The van der Waals surface area contributed by atoms with Gasteiger partial charge < -0.3 is 9.88 Å². The third kappa shape index (κ3) is 4.90. The zero-order valence-electron chi connectivity index (χ0n) is 14.0. The second kappa shape index (κ2) is 8.43. The summed E-state index contributed by atoms with van der Waals surface area (Å²) in [4.78, 5) is 12.2. The molecular formula is C17H20Cl2N4OS. The highest BCUT2D eigenvalue weighted by atomic mass is 35.5. The molecule has 5 nitrogen and oxygen atoms in total. The summed E-state index contributed by atoms with van der Waals surface area (Å²) in [6.45, 7) is 0. The molecule has 1 aromatic heterocycles. The second-order valence-corrected chi connectivity index (χ2v) is 8.05. The van der Waals surface area contributed by atoms with Crippen LogP contribution in [0.2, 0.25) is 10.0 Å². The number of aromatic nitrogens is 3. The lowest BCUT2D eigenvalue weighted by Crippen LogP contribution is -2.15. The monoisotopic (exact) mass is 398 g/mol. The van der Waals surface area contributed by atoms with E-state index in [0.29, 0.717) is 21.7 Å². The molecule has 0 saturated heterocycles. The van der Waals surface area contributed by atoms with Gasteiger partial charge in [0.25, 0.3) is 0 Å². The van der Waals surface area contributed by atoms with Crippen LogP contribution in [0.15, 0.2) is 23.4 Å². The Labute approximate surface area is 161 Å². The molecule has 1 aliphatic carbocycles. The zero-order valence-corrected chi connectivity index (χ0v) is 16.3. The molecule has 1 N–H and O–H groups in total. The minimum atomic E-state index is -0.134. The van der Waals surface area contributed by atoms with Gasteiger partial charge in [-0.3, -0.25) is 4.79 Å². The molecule has 0 spiro atoms. The largest absolute Gasteiger partial charge is 0.325 e. The number of carbonyl (C=O) groups excluding carboxylic acids is 1. The summed E-state index contributed by atoms with van der Waals surface area (Å²) in [5.41, 5.74) is 0.587. The fourth-order valence-corrected chi connectivity index (χ4v) is 4.37. The SMILES string of the molecule is Cn1c(SCC(=O)Nc2cc(Cl)cc(Cl)c2)nnc1C1CCCCC1. The maximum Gasteiger partial charge on any atom is 0.234 e. The Morgan fingerprint density at radius 2 is 1.88 bits per heavy atom. The van der Waals surface area contributed by atoms with Gasteiger partial charge in [0.15, 0.2) is 5.16 Å². The molecule has 0 atom stereocenters. The lowest BCUT2D eigenvalue weighted by atomic mass is 9.89. The first-order valence-electron chi connectivity index (χ1n) is 8.31. The highest BCUT2D eigenvalue weighted by Gasteiger charge is 2.22. The van der Waals surface area contributed by atoms with Crippen LogP contribution < -0.4 is 5.32 Å². The predicted octanol–water partition coefficient (Wildman–Crippen LogP) is 4.90. The molecule has 1 aromatic carbocycles. The van der Waals surface area contributed by atoms with Crippen molar-refractivity contribution in [3.63, 3.8) is 0 Å². The van der Waals surface area contributed by atoms with E-state index in [0.717, 1.165) is 11.0 Å². The van der Waals surface area contributed by atoms with Crippen molar-refractivity contribution in [2.45, 2.75) is 43.2 Å². The zero-order chi connectivity index (χ0) is 17.8. The van der Waals surface area contributed by atoms with Gasteiger partial charge in [0, 0.05) is 28.7 Å². The normalized spacial score (nSPS) is 15.3. The summed E-state index contributed by atoms with van der Waals surface area (Å²) in [6.07, 6.45) is 6.16. The average molecular weight is 399 g/mol. The smallest absolute Gasteiger partial charge is 0.234 e. The molecule has 3 rings (SSSR count). The van der Waals surface area contributed by atoms with Gasteiger partial charge in [-0.05, 0) is 31.0 Å². The average Bonchev–Trinajstić information content (AvgIpc) is 2.93. The minimum absolute atomic E-state index is 0.134. The molecule has 25 heavy (non-hydrogen) atoms. The van der Waals surface area contributed by atoms with E-state index in [9.17, 15) is 4.79 Å². The topological polar surface area (TPSA) is 59.8 Å². The van der Waals surface area contributed by atoms with E-state index >= 15 is 0 Å². The van der Waals surface area contributed by atoms with Gasteiger partial charge >= 0.3 is 0 Å². The molecule has 8 heteroatoms. The summed E-state index contributed by atoms with van der Waals surface area (Å²) in [6, 6.07) is 4.96. The molecule has 1 fully saturated rings. The Hall–Kier alpha value is -1.24. The molecular weight excluding hydrogens is 379 g/mol. The number of nitrogens with zero attached hydrogens (tertiary/aromatic N) is 3. The van der Waals surface area contributed by atoms with E-state index in [2.05, 4.69) is 15.5 Å². The molecule has 1 aliphatic rings. The molecule has 1 saturated carbocycles. The Morgan fingerprint density at radius 1 is 1.20 bits per heavy atom. The van der Waals surface area contributed by atoms with Crippen LogP contribution in [0, 0.1) is 0 Å². The van der Waals surface area contributed by atoms with Crippen LogP contribution in [0.4, 0.5) is 5.69 Å². The quantitative estimate of drug-likeness (QED) is 0.727. The van der Waals surface area contributed by atoms with E-state index in [1.165, 1.54) is 43.9 Å². The number of hydrogen-bond acceptors (Lipinski definition) is 4. The van der Waals surface area contributed by atoms with Gasteiger partial charge in [0.05, 0.1) is 5.75 Å². The number of benzene rings is 1. The first-order chi connectivity index (χ1) is 12.0. The van der Waals surface area contributed by atoms with Crippen LogP contribution in [0.5, 0.6) is 0 Å². The van der Waals surface area contributed by atoms with E-state index in [4.69, 9.17) is 23.2 Å². The molecule has 2 aromatic rings. The first-order valence-corrected chi connectivity index (χ1v) is 10.0. The fourth-order valence-electron chi connectivity index (χ4n) is 3.12. The van der Waals surface area contributed by atoms with Crippen molar-refractivity contribution in [2.24, 2.45) is 7.05 Å². The summed E-state index contributed by atoms with van der Waals surface area (Å²) in [7, 11) is 1.97. The predicted molar refractivity (Wildman–Crippen MR) is 103 cm³/mol. The van der Waals surface area contributed by atoms with Crippen LogP contribution in [-0.4, -0.2) is 26.4 Å². The molecule has 1 amide bonds. The summed E-state index contributed by atoms with van der Waals surface area (Å²) >= 11 is 13.3. The number of thioether (sulfide) groups is 1. The number of carbonyl (C=O) groups is 1. The van der Waals surface area contributed by atoms with E-state index in [1.807, 2.05) is 11.6 Å². The summed E-state index contributed by atoms with van der Waals surface area (Å²) < 4.78 is 2.02. The van der Waals surface area contributed by atoms with Crippen molar-refractivity contribution in [1.29, 1.82) is 0 Å². The Bertz CT molecular complexity index is 739. The van der Waals surface area contributed by atoms with Crippen LogP contribution >= 0.6 is 35.0 Å². The highest BCUT2D eigenvalue weighted by Crippen LogP contribution is 2.32. The van der Waals surface area contributed by atoms with Crippen molar-refractivity contribution >= 4 is 46.6 Å². The van der Waals surface area contributed by atoms with Gasteiger partial charge in [-0.25, -0.2) is 0 Å². The maximum atomic E-state index is 12.2. The number of amides is 1. The lowest BCUT2D eigenvalue weighted by Gasteiger charge is -2.20. The standard InChI is InChI=1S/C17H20Cl2N4OS/c1-23-16(11-5-3-2-4-6-11)21-22-17(23)25-10-15(24)20-14-8-12(18)7-13(19)9-14/h7-9,11H,2-6,10H2,1H3,(H,20,24). The first kappa shape index (κ1) is 18.5. The second-order valence-electron chi connectivity index (χ2n) is 6.23.